The molecule has 4 nitrogen and oxygen atoms in total. The van der Waals surface area contributed by atoms with Crippen LogP contribution in [0.3, 0.4) is 0 Å². The predicted octanol–water partition coefficient (Wildman–Crippen LogP) is 1.40. The lowest BCUT2D eigenvalue weighted by atomic mass is 10.0. The predicted molar refractivity (Wildman–Crippen MR) is 71.4 cm³/mol. The van der Waals surface area contributed by atoms with E-state index in [1.54, 1.807) is 0 Å². The van der Waals surface area contributed by atoms with Crippen molar-refractivity contribution in [3.8, 4) is 0 Å². The Kier molecular flexibility index (Phi) is 5.45. The second-order valence-electron chi connectivity index (χ2n) is 5.66. The summed E-state index contributed by atoms with van der Waals surface area (Å²) in [4.78, 5) is 13.9. The Morgan fingerprint density at radius 2 is 2.17 bits per heavy atom. The van der Waals surface area contributed by atoms with E-state index < -0.39 is 0 Å². The topological polar surface area (TPSA) is 41.6 Å². The summed E-state index contributed by atoms with van der Waals surface area (Å²) in [5.74, 6) is 1.08. The van der Waals surface area contributed by atoms with Crippen LogP contribution in [-0.2, 0) is 9.53 Å². The normalized spacial score (nSPS) is 25.3. The van der Waals surface area contributed by atoms with Gasteiger partial charge in [-0.15, -0.1) is 0 Å². The first kappa shape index (κ1) is 13.8. The van der Waals surface area contributed by atoms with Crippen molar-refractivity contribution >= 4 is 5.91 Å². The Morgan fingerprint density at radius 3 is 2.83 bits per heavy atom. The molecule has 2 fully saturated rings. The highest BCUT2D eigenvalue weighted by atomic mass is 16.5. The molecule has 4 heteroatoms. The van der Waals surface area contributed by atoms with E-state index in [0.29, 0.717) is 6.42 Å². The molecule has 1 aliphatic heterocycles. The molecule has 0 aromatic carbocycles. The number of ether oxygens (including phenoxy) is 1. The largest absolute Gasteiger partial charge is 0.375 e. The van der Waals surface area contributed by atoms with Crippen LogP contribution in [0.15, 0.2) is 0 Å². The molecule has 104 valence electrons. The van der Waals surface area contributed by atoms with Crippen molar-refractivity contribution in [3.05, 3.63) is 0 Å². The fraction of sp³-hybridized carbons (Fsp3) is 0.929. The van der Waals surface area contributed by atoms with E-state index in [-0.39, 0.29) is 12.0 Å². The van der Waals surface area contributed by atoms with E-state index in [1.807, 2.05) is 11.9 Å². The fourth-order valence-electron chi connectivity index (χ4n) is 2.90. The van der Waals surface area contributed by atoms with Gasteiger partial charge < -0.3 is 15.0 Å². The first-order valence-corrected chi connectivity index (χ1v) is 7.32. The summed E-state index contributed by atoms with van der Waals surface area (Å²) < 4.78 is 5.57. The standard InChI is InChI=1S/C14H26N2O2/c1-16(8-6-12-4-2-3-5-12)14(17)10-13-11-15-7-9-18-13/h12-13,15H,2-11H2,1H3. The zero-order chi connectivity index (χ0) is 12.8. The molecule has 1 aliphatic carbocycles. The van der Waals surface area contributed by atoms with Crippen molar-refractivity contribution in [2.45, 2.75) is 44.6 Å². The Bertz CT molecular complexity index is 259. The van der Waals surface area contributed by atoms with Gasteiger partial charge in [-0.2, -0.15) is 0 Å². The Morgan fingerprint density at radius 1 is 1.39 bits per heavy atom. The van der Waals surface area contributed by atoms with E-state index in [4.69, 9.17) is 4.74 Å². The molecule has 0 bridgehead atoms. The first-order chi connectivity index (χ1) is 8.75. The van der Waals surface area contributed by atoms with Gasteiger partial charge in [-0.25, -0.2) is 0 Å². The zero-order valence-electron chi connectivity index (χ0n) is 11.5. The van der Waals surface area contributed by atoms with Crippen LogP contribution in [-0.4, -0.2) is 50.2 Å². The summed E-state index contributed by atoms with van der Waals surface area (Å²) in [5, 5.41) is 3.26. The summed E-state index contributed by atoms with van der Waals surface area (Å²) in [6, 6.07) is 0. The molecule has 0 aromatic heterocycles. The number of nitrogens with zero attached hydrogens (tertiary/aromatic N) is 1. The van der Waals surface area contributed by atoms with Gasteiger partial charge in [0.2, 0.25) is 5.91 Å². The molecule has 1 heterocycles. The van der Waals surface area contributed by atoms with E-state index in [0.717, 1.165) is 32.2 Å². The van der Waals surface area contributed by atoms with Crippen LogP contribution in [0.5, 0.6) is 0 Å². The van der Waals surface area contributed by atoms with Gasteiger partial charge in [0, 0.05) is 26.7 Å². The molecule has 0 aromatic rings. The molecule has 1 saturated carbocycles. The molecule has 0 spiro atoms. The van der Waals surface area contributed by atoms with Crippen LogP contribution in [0.1, 0.15) is 38.5 Å². The third kappa shape index (κ3) is 4.25. The van der Waals surface area contributed by atoms with E-state index >= 15 is 0 Å². The zero-order valence-corrected chi connectivity index (χ0v) is 11.5. The minimum atomic E-state index is 0.0696. The number of carbonyl (C=O) groups excluding carboxylic acids is 1. The average molecular weight is 254 g/mol. The van der Waals surface area contributed by atoms with Gasteiger partial charge in [0.25, 0.3) is 0 Å². The molecule has 1 amide bonds. The summed E-state index contributed by atoms with van der Waals surface area (Å²) in [6.07, 6.45) is 7.24. The van der Waals surface area contributed by atoms with Crippen molar-refractivity contribution in [2.24, 2.45) is 5.92 Å². The maximum Gasteiger partial charge on any atom is 0.224 e. The van der Waals surface area contributed by atoms with Crippen molar-refractivity contribution in [2.75, 3.05) is 33.3 Å². The van der Waals surface area contributed by atoms with Crippen molar-refractivity contribution in [3.63, 3.8) is 0 Å². The maximum atomic E-state index is 12.0. The summed E-state index contributed by atoms with van der Waals surface area (Å²) >= 11 is 0. The van der Waals surface area contributed by atoms with Crippen molar-refractivity contribution in [1.82, 2.24) is 10.2 Å². The van der Waals surface area contributed by atoms with Crippen LogP contribution in [0.4, 0.5) is 0 Å². The van der Waals surface area contributed by atoms with Gasteiger partial charge in [0.05, 0.1) is 19.1 Å². The van der Waals surface area contributed by atoms with Crippen LogP contribution in [0.2, 0.25) is 0 Å². The maximum absolute atomic E-state index is 12.0. The van der Waals surface area contributed by atoms with Crippen molar-refractivity contribution < 1.29 is 9.53 Å². The average Bonchev–Trinajstić information content (AvgIpc) is 2.90. The highest BCUT2D eigenvalue weighted by Gasteiger charge is 2.21. The third-order valence-electron chi connectivity index (χ3n) is 4.18. The number of morpholine rings is 1. The summed E-state index contributed by atoms with van der Waals surface area (Å²) in [7, 11) is 1.92. The molecule has 0 radical (unpaired) electrons. The molecule has 2 aliphatic rings. The quantitative estimate of drug-likeness (QED) is 0.806. The SMILES string of the molecule is CN(CCC1CCCC1)C(=O)CC1CNCCO1. The number of hydrogen-bond donors (Lipinski definition) is 1. The van der Waals surface area contributed by atoms with Crippen LogP contribution in [0, 0.1) is 5.92 Å². The summed E-state index contributed by atoms with van der Waals surface area (Å²) in [6.45, 7) is 3.35. The molecular formula is C14H26N2O2. The smallest absolute Gasteiger partial charge is 0.224 e. The lowest BCUT2D eigenvalue weighted by molar-refractivity contribution is -0.133. The minimum Gasteiger partial charge on any atom is -0.375 e. The van der Waals surface area contributed by atoms with Gasteiger partial charge in [-0.1, -0.05) is 25.7 Å². The van der Waals surface area contributed by atoms with Gasteiger partial charge in [-0.05, 0) is 12.3 Å². The van der Waals surface area contributed by atoms with Crippen LogP contribution < -0.4 is 5.32 Å². The second kappa shape index (κ2) is 7.10. The number of nitrogens with one attached hydrogen (secondary N) is 1. The molecule has 18 heavy (non-hydrogen) atoms. The monoisotopic (exact) mass is 254 g/mol. The van der Waals surface area contributed by atoms with E-state index in [9.17, 15) is 4.79 Å². The second-order valence-corrected chi connectivity index (χ2v) is 5.66. The van der Waals surface area contributed by atoms with Crippen molar-refractivity contribution in [1.29, 1.82) is 0 Å². The minimum absolute atomic E-state index is 0.0696. The van der Waals surface area contributed by atoms with E-state index in [1.165, 1.54) is 32.1 Å². The van der Waals surface area contributed by atoms with E-state index in [2.05, 4.69) is 5.32 Å². The highest BCUT2D eigenvalue weighted by molar-refractivity contribution is 5.76. The lowest BCUT2D eigenvalue weighted by Crippen LogP contribution is -2.42. The molecule has 1 N–H and O–H groups in total. The Hall–Kier alpha value is -0.610. The Labute approximate surface area is 110 Å². The Balaban J connectivity index is 1.63. The third-order valence-corrected chi connectivity index (χ3v) is 4.18. The van der Waals surface area contributed by atoms with Gasteiger partial charge >= 0.3 is 0 Å². The molecule has 2 rings (SSSR count). The fourth-order valence-corrected chi connectivity index (χ4v) is 2.90. The summed E-state index contributed by atoms with van der Waals surface area (Å²) in [5.41, 5.74) is 0. The van der Waals surface area contributed by atoms with Gasteiger partial charge in [-0.3, -0.25) is 4.79 Å². The van der Waals surface area contributed by atoms with Gasteiger partial charge in [0.15, 0.2) is 0 Å². The number of rotatable bonds is 5. The number of hydrogen-bond acceptors (Lipinski definition) is 3. The molecular weight excluding hydrogens is 228 g/mol. The van der Waals surface area contributed by atoms with Crippen LogP contribution >= 0.6 is 0 Å². The molecule has 1 saturated heterocycles. The first-order valence-electron chi connectivity index (χ1n) is 7.32. The number of carbonyl (C=O) groups is 1. The molecule has 1 unspecified atom stereocenters. The highest BCUT2D eigenvalue weighted by Crippen LogP contribution is 2.27. The number of amides is 1. The molecule has 1 atom stereocenters. The van der Waals surface area contributed by atoms with Gasteiger partial charge in [0.1, 0.15) is 0 Å². The lowest BCUT2D eigenvalue weighted by Gasteiger charge is -2.26. The van der Waals surface area contributed by atoms with Crippen LogP contribution in [0.25, 0.3) is 0 Å².